The van der Waals surface area contributed by atoms with Gasteiger partial charge in [-0.25, -0.2) is 0 Å². The summed E-state index contributed by atoms with van der Waals surface area (Å²) in [5, 5.41) is 0. The molecule has 0 spiro atoms. The molecule has 2 aromatic rings. The molecule has 4 heteroatoms. The number of likely N-dealkylation sites (tertiary alicyclic amines) is 1. The summed E-state index contributed by atoms with van der Waals surface area (Å²) in [5.74, 6) is 1.77. The Morgan fingerprint density at radius 1 is 1.04 bits per heavy atom. The zero-order valence-corrected chi connectivity index (χ0v) is 16.8. The maximum atomic E-state index is 12.7. The average Bonchev–Trinajstić information content (AvgIpc) is 3.20. The van der Waals surface area contributed by atoms with Crippen LogP contribution in [0.5, 0.6) is 11.5 Å². The first kappa shape index (κ1) is 20.2. The van der Waals surface area contributed by atoms with Crippen LogP contribution >= 0.6 is 0 Å². The van der Waals surface area contributed by atoms with Gasteiger partial charge >= 0.3 is 0 Å². The van der Waals surface area contributed by atoms with Crippen LogP contribution in [0.25, 0.3) is 0 Å². The number of nitrogens with zero attached hydrogens (tertiary/aromatic N) is 1. The molecule has 1 atom stereocenters. The predicted octanol–water partition coefficient (Wildman–Crippen LogP) is 4.87. The molecule has 0 radical (unpaired) electrons. The fraction of sp³-hybridized carbons (Fsp3) is 0.458. The van der Waals surface area contributed by atoms with Gasteiger partial charge in [0, 0.05) is 19.0 Å². The smallest absolute Gasteiger partial charge is 0.222 e. The highest BCUT2D eigenvalue weighted by atomic mass is 16.5. The van der Waals surface area contributed by atoms with Gasteiger partial charge in [0.25, 0.3) is 0 Å². The van der Waals surface area contributed by atoms with E-state index < -0.39 is 0 Å². The summed E-state index contributed by atoms with van der Waals surface area (Å²) in [4.78, 5) is 14.8. The highest BCUT2D eigenvalue weighted by molar-refractivity contribution is 5.76. The van der Waals surface area contributed by atoms with Crippen LogP contribution in [-0.2, 0) is 11.2 Å². The van der Waals surface area contributed by atoms with Crippen LogP contribution in [0.2, 0.25) is 0 Å². The molecule has 0 N–H and O–H groups in total. The molecule has 1 aliphatic heterocycles. The second-order valence-corrected chi connectivity index (χ2v) is 7.24. The van der Waals surface area contributed by atoms with E-state index in [0.717, 1.165) is 50.1 Å². The van der Waals surface area contributed by atoms with Crippen molar-refractivity contribution in [3.8, 4) is 11.5 Å². The number of carbonyl (C=O) groups is 1. The van der Waals surface area contributed by atoms with Crippen molar-refractivity contribution in [2.45, 2.75) is 51.5 Å². The first-order valence-electron chi connectivity index (χ1n) is 10.5. The second kappa shape index (κ2) is 10.7. The molecule has 0 aromatic heterocycles. The molecule has 3 rings (SSSR count). The number of hydrogen-bond donors (Lipinski definition) is 0. The van der Waals surface area contributed by atoms with Gasteiger partial charge in [0.1, 0.15) is 0 Å². The minimum atomic E-state index is 0.261. The third kappa shape index (κ3) is 5.75. The summed E-state index contributed by atoms with van der Waals surface area (Å²) in [7, 11) is 0. The van der Waals surface area contributed by atoms with E-state index in [1.165, 1.54) is 5.56 Å². The number of rotatable bonds is 10. The van der Waals surface area contributed by atoms with Crippen molar-refractivity contribution < 1.29 is 14.3 Å². The van der Waals surface area contributed by atoms with Gasteiger partial charge in [0.15, 0.2) is 11.5 Å². The van der Waals surface area contributed by atoms with Crippen molar-refractivity contribution >= 4 is 5.91 Å². The standard InChI is InChI=1S/C24H31NO3/c1-2-27-22-13-6-7-14-23(22)28-19-9-15-24(26)25-18-8-12-21(25)17-16-20-10-4-3-5-11-20/h3-7,10-11,13-14,21H,2,8-9,12,15-19H2,1H3. The van der Waals surface area contributed by atoms with Crippen LogP contribution in [0.1, 0.15) is 44.6 Å². The SMILES string of the molecule is CCOc1ccccc1OCCCC(=O)N1CCCC1CCc1ccccc1. The van der Waals surface area contributed by atoms with Crippen LogP contribution in [-0.4, -0.2) is 36.6 Å². The van der Waals surface area contributed by atoms with Gasteiger partial charge in [0.05, 0.1) is 13.2 Å². The van der Waals surface area contributed by atoms with Crippen molar-refractivity contribution in [2.24, 2.45) is 0 Å². The Labute approximate surface area is 168 Å². The van der Waals surface area contributed by atoms with Gasteiger partial charge in [-0.15, -0.1) is 0 Å². The van der Waals surface area contributed by atoms with Gasteiger partial charge in [-0.1, -0.05) is 42.5 Å². The highest BCUT2D eigenvalue weighted by Crippen LogP contribution is 2.27. The molecule has 4 nitrogen and oxygen atoms in total. The highest BCUT2D eigenvalue weighted by Gasteiger charge is 2.27. The van der Waals surface area contributed by atoms with E-state index in [-0.39, 0.29) is 5.91 Å². The molecule has 28 heavy (non-hydrogen) atoms. The third-order valence-electron chi connectivity index (χ3n) is 5.25. The molecule has 150 valence electrons. The molecule has 1 aliphatic rings. The van der Waals surface area contributed by atoms with Gasteiger partial charge < -0.3 is 14.4 Å². The van der Waals surface area contributed by atoms with Gasteiger partial charge in [0.2, 0.25) is 5.91 Å². The molecular formula is C24H31NO3. The molecule has 2 aromatic carbocycles. The van der Waals surface area contributed by atoms with Crippen LogP contribution in [0.4, 0.5) is 0 Å². The van der Waals surface area contributed by atoms with Gasteiger partial charge in [-0.2, -0.15) is 0 Å². The average molecular weight is 382 g/mol. The van der Waals surface area contributed by atoms with E-state index in [0.29, 0.717) is 25.7 Å². The minimum absolute atomic E-state index is 0.261. The van der Waals surface area contributed by atoms with Crippen molar-refractivity contribution in [3.05, 3.63) is 60.2 Å². The lowest BCUT2D eigenvalue weighted by molar-refractivity contribution is -0.132. The molecule has 1 saturated heterocycles. The van der Waals surface area contributed by atoms with E-state index in [2.05, 4.69) is 29.2 Å². The quantitative estimate of drug-likeness (QED) is 0.551. The zero-order valence-electron chi connectivity index (χ0n) is 16.8. The largest absolute Gasteiger partial charge is 0.490 e. The number of benzene rings is 2. The molecule has 1 unspecified atom stereocenters. The van der Waals surface area contributed by atoms with E-state index in [1.807, 2.05) is 37.3 Å². The monoisotopic (exact) mass is 381 g/mol. The Bertz CT molecular complexity index is 732. The number of para-hydroxylation sites is 2. The third-order valence-corrected chi connectivity index (χ3v) is 5.25. The van der Waals surface area contributed by atoms with Gasteiger partial charge in [-0.05, 0) is 56.7 Å². The van der Waals surface area contributed by atoms with E-state index in [9.17, 15) is 4.79 Å². The molecule has 1 fully saturated rings. The Morgan fingerprint density at radius 3 is 2.50 bits per heavy atom. The Hall–Kier alpha value is -2.49. The first-order valence-corrected chi connectivity index (χ1v) is 10.5. The molecule has 1 heterocycles. The van der Waals surface area contributed by atoms with Crippen molar-refractivity contribution in [1.82, 2.24) is 4.90 Å². The summed E-state index contributed by atoms with van der Waals surface area (Å²) in [6.07, 6.45) is 5.58. The van der Waals surface area contributed by atoms with Crippen molar-refractivity contribution in [3.63, 3.8) is 0 Å². The topological polar surface area (TPSA) is 38.8 Å². The first-order chi connectivity index (χ1) is 13.8. The predicted molar refractivity (Wildman–Crippen MR) is 112 cm³/mol. The molecular weight excluding hydrogens is 350 g/mol. The number of carbonyl (C=O) groups excluding carboxylic acids is 1. The number of aryl methyl sites for hydroxylation is 1. The second-order valence-electron chi connectivity index (χ2n) is 7.24. The van der Waals surface area contributed by atoms with Crippen LogP contribution < -0.4 is 9.47 Å². The normalized spacial score (nSPS) is 16.2. The Morgan fingerprint density at radius 2 is 1.75 bits per heavy atom. The van der Waals surface area contributed by atoms with Crippen LogP contribution in [0.15, 0.2) is 54.6 Å². The van der Waals surface area contributed by atoms with Crippen molar-refractivity contribution in [1.29, 1.82) is 0 Å². The molecule has 0 saturated carbocycles. The summed E-state index contributed by atoms with van der Waals surface area (Å²) in [5.41, 5.74) is 1.35. The Kier molecular flexibility index (Phi) is 7.77. The minimum Gasteiger partial charge on any atom is -0.490 e. The lowest BCUT2D eigenvalue weighted by Crippen LogP contribution is -2.35. The van der Waals surface area contributed by atoms with E-state index in [4.69, 9.17) is 9.47 Å². The fourth-order valence-electron chi connectivity index (χ4n) is 3.84. The Balaban J connectivity index is 1.41. The van der Waals surface area contributed by atoms with Gasteiger partial charge in [-0.3, -0.25) is 4.79 Å². The number of amides is 1. The van der Waals surface area contributed by atoms with Crippen molar-refractivity contribution in [2.75, 3.05) is 19.8 Å². The zero-order chi connectivity index (χ0) is 19.6. The number of ether oxygens (including phenoxy) is 2. The van der Waals surface area contributed by atoms with Crippen LogP contribution in [0, 0.1) is 0 Å². The lowest BCUT2D eigenvalue weighted by Gasteiger charge is -2.25. The van der Waals surface area contributed by atoms with Crippen LogP contribution in [0.3, 0.4) is 0 Å². The summed E-state index contributed by atoms with van der Waals surface area (Å²) in [6, 6.07) is 18.6. The van der Waals surface area contributed by atoms with E-state index >= 15 is 0 Å². The lowest BCUT2D eigenvalue weighted by atomic mass is 10.0. The molecule has 1 amide bonds. The molecule has 0 bridgehead atoms. The summed E-state index contributed by atoms with van der Waals surface area (Å²) >= 11 is 0. The maximum absolute atomic E-state index is 12.7. The maximum Gasteiger partial charge on any atom is 0.222 e. The molecule has 0 aliphatic carbocycles. The van der Waals surface area contributed by atoms with E-state index in [1.54, 1.807) is 0 Å². The summed E-state index contributed by atoms with van der Waals surface area (Å²) < 4.78 is 11.4. The summed E-state index contributed by atoms with van der Waals surface area (Å²) in [6.45, 7) is 3.99. The number of hydrogen-bond acceptors (Lipinski definition) is 3. The fourth-order valence-corrected chi connectivity index (χ4v) is 3.84.